The summed E-state index contributed by atoms with van der Waals surface area (Å²) in [7, 11) is 0. The highest BCUT2D eigenvalue weighted by atomic mass is 16.5. The normalized spacial score (nSPS) is 14.8. The van der Waals surface area contributed by atoms with Gasteiger partial charge in [-0.15, -0.1) is 0 Å². The zero-order chi connectivity index (χ0) is 23.5. The maximum absolute atomic E-state index is 12.2. The fourth-order valence-electron chi connectivity index (χ4n) is 3.27. The first kappa shape index (κ1) is 24.2. The van der Waals surface area contributed by atoms with Crippen molar-refractivity contribution in [3.05, 3.63) is 76.9 Å². The molecule has 1 atom stereocenters. The van der Waals surface area contributed by atoms with Gasteiger partial charge in [-0.05, 0) is 47.5 Å². The van der Waals surface area contributed by atoms with Crippen LogP contribution in [0, 0.1) is 11.8 Å². The number of nitrogens with two attached hydrogens (primary N) is 1. The molecule has 0 aliphatic carbocycles. The fourth-order valence-corrected chi connectivity index (χ4v) is 3.27. The highest BCUT2D eigenvalue weighted by Crippen LogP contribution is 2.09. The van der Waals surface area contributed by atoms with Gasteiger partial charge >= 0.3 is 0 Å². The van der Waals surface area contributed by atoms with Gasteiger partial charge in [-0.25, -0.2) is 5.48 Å². The topological polar surface area (TPSA) is 117 Å². The van der Waals surface area contributed by atoms with E-state index in [1.807, 2.05) is 18.2 Å². The maximum atomic E-state index is 12.2. The molecule has 0 bridgehead atoms. The number of amides is 2. The van der Waals surface area contributed by atoms with E-state index in [1.165, 1.54) is 11.0 Å². The van der Waals surface area contributed by atoms with Gasteiger partial charge in [0.15, 0.2) is 0 Å². The van der Waals surface area contributed by atoms with Gasteiger partial charge in [0.05, 0.1) is 13.2 Å². The molecule has 3 rings (SSSR count). The van der Waals surface area contributed by atoms with Crippen molar-refractivity contribution in [3.8, 4) is 11.8 Å². The van der Waals surface area contributed by atoms with Crippen molar-refractivity contribution >= 4 is 17.9 Å². The van der Waals surface area contributed by atoms with Gasteiger partial charge in [0.25, 0.3) is 11.8 Å². The number of hydrogen-bond acceptors (Lipinski definition) is 6. The summed E-state index contributed by atoms with van der Waals surface area (Å²) in [6.45, 7) is 4.31. The molecule has 1 aliphatic rings. The summed E-state index contributed by atoms with van der Waals surface area (Å²) in [6.07, 6.45) is 3.61. The molecule has 8 heteroatoms. The van der Waals surface area contributed by atoms with Crippen LogP contribution in [0.3, 0.4) is 0 Å². The van der Waals surface area contributed by atoms with Crippen molar-refractivity contribution in [3.63, 3.8) is 0 Å². The van der Waals surface area contributed by atoms with Crippen LogP contribution < -0.4 is 16.5 Å². The van der Waals surface area contributed by atoms with Crippen molar-refractivity contribution in [1.82, 2.24) is 15.7 Å². The highest BCUT2D eigenvalue weighted by molar-refractivity contribution is 5.97. The van der Waals surface area contributed by atoms with Crippen LogP contribution in [-0.2, 0) is 16.1 Å². The summed E-state index contributed by atoms with van der Waals surface area (Å²) < 4.78 is 5.38. The Labute approximate surface area is 193 Å². The Kier molecular flexibility index (Phi) is 9.18. The molecule has 1 aliphatic heterocycles. The molecule has 0 radical (unpaired) electrons. The maximum Gasteiger partial charge on any atom is 0.267 e. The molecule has 1 fully saturated rings. The predicted octanol–water partition coefficient (Wildman–Crippen LogP) is 1.15. The molecule has 8 nitrogen and oxygen atoms in total. The second-order valence-corrected chi connectivity index (χ2v) is 7.55. The number of ether oxygens (including phenoxy) is 1. The molecule has 0 spiro atoms. The third kappa shape index (κ3) is 7.56. The summed E-state index contributed by atoms with van der Waals surface area (Å²) in [4.78, 5) is 26.0. The third-order valence-electron chi connectivity index (χ3n) is 5.18. The number of benzene rings is 2. The van der Waals surface area contributed by atoms with E-state index in [0.29, 0.717) is 5.56 Å². The largest absolute Gasteiger partial charge is 0.379 e. The monoisotopic (exact) mass is 448 g/mol. The Morgan fingerprint density at radius 3 is 2.45 bits per heavy atom. The number of carbonyl (C=O) groups excluding carboxylic acids is 2. The fraction of sp³-hybridized carbons (Fsp3) is 0.280. The highest BCUT2D eigenvalue weighted by Gasteiger charge is 2.19. The lowest BCUT2D eigenvalue weighted by Gasteiger charge is -2.26. The van der Waals surface area contributed by atoms with Crippen LogP contribution >= 0.6 is 0 Å². The minimum Gasteiger partial charge on any atom is -0.379 e. The molecule has 0 saturated carbocycles. The number of nitrogens with zero attached hydrogens (tertiary/aromatic N) is 1. The zero-order valence-corrected chi connectivity index (χ0v) is 18.3. The summed E-state index contributed by atoms with van der Waals surface area (Å²) >= 11 is 0. The lowest BCUT2D eigenvalue weighted by molar-refractivity contribution is -0.130. The second-order valence-electron chi connectivity index (χ2n) is 7.55. The van der Waals surface area contributed by atoms with Crippen molar-refractivity contribution in [2.24, 2.45) is 5.73 Å². The Balaban J connectivity index is 1.51. The first-order chi connectivity index (χ1) is 16.1. The molecular formula is C25H28N4O4. The molecule has 172 valence electrons. The SMILES string of the molecule is NCC(NC(=O)c1ccc(C=CC#Cc2ccc(CN3CCOCC3)cc2)cc1)C(=O)NO. The van der Waals surface area contributed by atoms with Gasteiger partial charge in [0.1, 0.15) is 6.04 Å². The van der Waals surface area contributed by atoms with Crippen molar-refractivity contribution in [2.45, 2.75) is 12.6 Å². The molecule has 1 heterocycles. The molecule has 2 aromatic rings. The average Bonchev–Trinajstić information content (AvgIpc) is 2.86. The lowest BCUT2D eigenvalue weighted by atomic mass is 10.1. The number of morpholine rings is 1. The minimum atomic E-state index is -1.01. The van der Waals surface area contributed by atoms with Crippen molar-refractivity contribution in [2.75, 3.05) is 32.8 Å². The first-order valence-electron chi connectivity index (χ1n) is 10.7. The van der Waals surface area contributed by atoms with E-state index in [1.54, 1.807) is 30.3 Å². The van der Waals surface area contributed by atoms with Gasteiger partial charge in [-0.2, -0.15) is 0 Å². The van der Waals surface area contributed by atoms with Crippen LogP contribution in [0.5, 0.6) is 0 Å². The quantitative estimate of drug-likeness (QED) is 0.287. The lowest BCUT2D eigenvalue weighted by Crippen LogP contribution is -2.50. The van der Waals surface area contributed by atoms with E-state index < -0.39 is 17.9 Å². The van der Waals surface area contributed by atoms with Crippen LogP contribution in [0.25, 0.3) is 6.08 Å². The van der Waals surface area contributed by atoms with E-state index in [2.05, 4.69) is 34.2 Å². The smallest absolute Gasteiger partial charge is 0.267 e. The van der Waals surface area contributed by atoms with Crippen molar-refractivity contribution in [1.29, 1.82) is 0 Å². The van der Waals surface area contributed by atoms with Crippen LogP contribution in [0.2, 0.25) is 0 Å². The van der Waals surface area contributed by atoms with Gasteiger partial charge in [0.2, 0.25) is 0 Å². The minimum absolute atomic E-state index is 0.131. The van der Waals surface area contributed by atoms with Gasteiger partial charge in [0, 0.05) is 37.3 Å². The summed E-state index contributed by atoms with van der Waals surface area (Å²) in [5, 5.41) is 11.1. The summed E-state index contributed by atoms with van der Waals surface area (Å²) in [6, 6.07) is 14.1. The third-order valence-corrected chi connectivity index (χ3v) is 5.18. The predicted molar refractivity (Wildman–Crippen MR) is 125 cm³/mol. The van der Waals surface area contributed by atoms with E-state index in [4.69, 9.17) is 15.7 Å². The number of rotatable bonds is 7. The first-order valence-corrected chi connectivity index (χ1v) is 10.7. The van der Waals surface area contributed by atoms with Crippen LogP contribution in [0.1, 0.15) is 27.0 Å². The molecule has 1 unspecified atom stereocenters. The second kappa shape index (κ2) is 12.5. The van der Waals surface area contributed by atoms with Gasteiger partial charge < -0.3 is 15.8 Å². The van der Waals surface area contributed by atoms with Gasteiger partial charge in [-0.3, -0.25) is 19.7 Å². The van der Waals surface area contributed by atoms with E-state index in [9.17, 15) is 9.59 Å². The molecule has 1 saturated heterocycles. The molecule has 0 aromatic heterocycles. The Morgan fingerprint density at radius 1 is 1.12 bits per heavy atom. The molecule has 2 amide bonds. The standard InChI is InChI=1S/C25H28N4O4/c26-17-23(25(31)28-32)27-24(30)22-11-9-20(10-12-22)4-2-1-3-19-5-7-21(8-6-19)18-29-13-15-33-16-14-29/h2,4-12,23,32H,13-18,26H2,(H,27,30)(H,28,31). The van der Waals surface area contributed by atoms with E-state index >= 15 is 0 Å². The molecule has 5 N–H and O–H groups in total. The van der Waals surface area contributed by atoms with Crippen LogP contribution in [-0.4, -0.2) is 60.8 Å². The van der Waals surface area contributed by atoms with Crippen LogP contribution in [0.4, 0.5) is 0 Å². The number of hydroxylamine groups is 1. The van der Waals surface area contributed by atoms with E-state index in [0.717, 1.165) is 44.0 Å². The van der Waals surface area contributed by atoms with Crippen molar-refractivity contribution < 1.29 is 19.5 Å². The number of hydrogen-bond donors (Lipinski definition) is 4. The Morgan fingerprint density at radius 2 is 1.82 bits per heavy atom. The summed E-state index contributed by atoms with van der Waals surface area (Å²) in [5.74, 6) is 4.91. The Hall–Kier alpha value is -3.48. The molecule has 33 heavy (non-hydrogen) atoms. The van der Waals surface area contributed by atoms with Gasteiger partial charge in [-0.1, -0.05) is 36.1 Å². The molecular weight excluding hydrogens is 420 g/mol. The van der Waals surface area contributed by atoms with Crippen LogP contribution in [0.15, 0.2) is 54.6 Å². The Bertz CT molecular complexity index is 1020. The number of allylic oxidation sites excluding steroid dienone is 1. The molecule has 2 aromatic carbocycles. The zero-order valence-electron chi connectivity index (χ0n) is 18.3. The average molecular weight is 449 g/mol. The number of nitrogens with one attached hydrogen (secondary N) is 2. The van der Waals surface area contributed by atoms with E-state index in [-0.39, 0.29) is 6.54 Å². The summed E-state index contributed by atoms with van der Waals surface area (Å²) in [5.41, 5.74) is 10.4. The number of carbonyl (C=O) groups is 2.